The van der Waals surface area contributed by atoms with Crippen LogP contribution in [0.15, 0.2) is 24.3 Å². The van der Waals surface area contributed by atoms with Crippen LogP contribution in [0.2, 0.25) is 5.02 Å². The van der Waals surface area contributed by atoms with E-state index < -0.39 is 0 Å². The number of hydrogen-bond donors (Lipinski definition) is 1. The Balaban J connectivity index is 2.53. The maximum absolute atomic E-state index is 5.83. The van der Waals surface area contributed by atoms with E-state index in [2.05, 4.69) is 19.2 Å². The molecule has 15 heavy (non-hydrogen) atoms. The lowest BCUT2D eigenvalue weighted by atomic mass is 10.1. The molecule has 0 radical (unpaired) electrons. The van der Waals surface area contributed by atoms with Crippen molar-refractivity contribution < 1.29 is 4.74 Å². The highest BCUT2D eigenvalue weighted by Gasteiger charge is 2.08. The highest BCUT2D eigenvalue weighted by atomic mass is 35.5. The highest BCUT2D eigenvalue weighted by Crippen LogP contribution is 2.16. The molecule has 0 heterocycles. The largest absolute Gasteiger partial charge is 0.383 e. The molecule has 0 aromatic heterocycles. The molecule has 0 amide bonds. The van der Waals surface area contributed by atoms with Gasteiger partial charge in [-0.05, 0) is 31.5 Å². The molecular formula is C12H18ClNO. The molecule has 1 N–H and O–H groups in total. The van der Waals surface area contributed by atoms with Gasteiger partial charge in [0.2, 0.25) is 0 Å². The van der Waals surface area contributed by atoms with Crippen LogP contribution in [-0.4, -0.2) is 19.8 Å². The van der Waals surface area contributed by atoms with Crippen molar-refractivity contribution in [1.29, 1.82) is 0 Å². The summed E-state index contributed by atoms with van der Waals surface area (Å²) in [5, 5.41) is 4.22. The number of ether oxygens (including phenoxy) is 1. The normalized spacial score (nSPS) is 14.9. The van der Waals surface area contributed by atoms with E-state index in [9.17, 15) is 0 Å². The molecule has 1 rings (SSSR count). The minimum absolute atomic E-state index is 0.312. The molecule has 1 unspecified atom stereocenters. The van der Waals surface area contributed by atoms with Gasteiger partial charge in [-0.3, -0.25) is 0 Å². The second kappa shape index (κ2) is 6.11. The first-order valence-electron chi connectivity index (χ1n) is 5.14. The number of methoxy groups -OCH3 is 1. The van der Waals surface area contributed by atoms with Crippen LogP contribution < -0.4 is 5.32 Å². The molecular weight excluding hydrogens is 210 g/mol. The lowest BCUT2D eigenvalue weighted by Gasteiger charge is -2.19. The molecule has 0 spiro atoms. The second-order valence-electron chi connectivity index (χ2n) is 3.80. The van der Waals surface area contributed by atoms with Crippen LogP contribution in [0.5, 0.6) is 0 Å². The number of nitrogens with one attached hydrogen (secondary N) is 1. The van der Waals surface area contributed by atoms with E-state index in [1.807, 2.05) is 24.3 Å². The first-order valence-corrected chi connectivity index (χ1v) is 5.51. The molecule has 0 bridgehead atoms. The molecule has 3 heteroatoms. The van der Waals surface area contributed by atoms with Crippen LogP contribution in [0.3, 0.4) is 0 Å². The van der Waals surface area contributed by atoms with Crippen molar-refractivity contribution in [1.82, 2.24) is 5.32 Å². The second-order valence-corrected chi connectivity index (χ2v) is 4.23. The Morgan fingerprint density at radius 1 is 1.27 bits per heavy atom. The predicted octanol–water partition coefficient (Wildman–Crippen LogP) is 3.03. The summed E-state index contributed by atoms with van der Waals surface area (Å²) in [4.78, 5) is 0. The number of benzene rings is 1. The van der Waals surface area contributed by atoms with Gasteiger partial charge in [0, 0.05) is 24.2 Å². The van der Waals surface area contributed by atoms with E-state index in [0.717, 1.165) is 11.6 Å². The maximum atomic E-state index is 5.83. The Morgan fingerprint density at radius 3 is 2.40 bits per heavy atom. The standard InChI is InChI=1S/C12H18ClNO/c1-9(8-15-3)14-10(2)11-4-6-12(13)7-5-11/h4-7,9-10,14H,8H2,1-3H3/t9?,10-/m1/s1. The van der Waals surface area contributed by atoms with Crippen molar-refractivity contribution >= 4 is 11.6 Å². The van der Waals surface area contributed by atoms with Gasteiger partial charge in [-0.2, -0.15) is 0 Å². The molecule has 1 aromatic carbocycles. The van der Waals surface area contributed by atoms with E-state index in [0.29, 0.717) is 12.1 Å². The van der Waals surface area contributed by atoms with Crippen LogP contribution in [0.1, 0.15) is 25.5 Å². The summed E-state index contributed by atoms with van der Waals surface area (Å²) >= 11 is 5.83. The van der Waals surface area contributed by atoms with E-state index in [1.165, 1.54) is 5.56 Å². The summed E-state index contributed by atoms with van der Waals surface area (Å²) in [6.45, 7) is 4.96. The number of hydrogen-bond acceptors (Lipinski definition) is 2. The van der Waals surface area contributed by atoms with Gasteiger partial charge in [0.05, 0.1) is 6.61 Å². The summed E-state index contributed by atoms with van der Waals surface area (Å²) in [5.74, 6) is 0. The van der Waals surface area contributed by atoms with Gasteiger partial charge in [-0.1, -0.05) is 23.7 Å². The molecule has 0 aliphatic carbocycles. The summed E-state index contributed by atoms with van der Waals surface area (Å²) in [7, 11) is 1.71. The zero-order valence-electron chi connectivity index (χ0n) is 9.46. The van der Waals surface area contributed by atoms with E-state index >= 15 is 0 Å². The van der Waals surface area contributed by atoms with Gasteiger partial charge in [0.15, 0.2) is 0 Å². The third-order valence-electron chi connectivity index (χ3n) is 2.32. The first-order chi connectivity index (χ1) is 7.13. The summed E-state index contributed by atoms with van der Waals surface area (Å²) in [6.07, 6.45) is 0. The average Bonchev–Trinajstić information content (AvgIpc) is 2.18. The molecule has 1 aromatic rings. The lowest BCUT2D eigenvalue weighted by Crippen LogP contribution is -2.32. The Hall–Kier alpha value is -0.570. The first kappa shape index (κ1) is 12.5. The van der Waals surface area contributed by atoms with Crippen molar-refractivity contribution in [2.75, 3.05) is 13.7 Å². The monoisotopic (exact) mass is 227 g/mol. The fourth-order valence-electron chi connectivity index (χ4n) is 1.57. The van der Waals surface area contributed by atoms with Gasteiger partial charge >= 0.3 is 0 Å². The van der Waals surface area contributed by atoms with Gasteiger partial charge < -0.3 is 10.1 Å². The maximum Gasteiger partial charge on any atom is 0.0613 e. The van der Waals surface area contributed by atoms with E-state index in [-0.39, 0.29) is 0 Å². The molecule has 0 aliphatic rings. The SMILES string of the molecule is COCC(C)N[C@H](C)c1ccc(Cl)cc1. The third kappa shape index (κ3) is 4.20. The smallest absolute Gasteiger partial charge is 0.0613 e. The van der Waals surface area contributed by atoms with E-state index in [1.54, 1.807) is 7.11 Å². The van der Waals surface area contributed by atoms with Gasteiger partial charge in [0.1, 0.15) is 0 Å². The predicted molar refractivity (Wildman–Crippen MR) is 64.3 cm³/mol. The zero-order chi connectivity index (χ0) is 11.3. The third-order valence-corrected chi connectivity index (χ3v) is 2.57. The highest BCUT2D eigenvalue weighted by molar-refractivity contribution is 6.30. The van der Waals surface area contributed by atoms with Gasteiger partial charge in [-0.15, -0.1) is 0 Å². The van der Waals surface area contributed by atoms with Crippen LogP contribution >= 0.6 is 11.6 Å². The lowest BCUT2D eigenvalue weighted by molar-refractivity contribution is 0.168. The Bertz CT molecular complexity index is 286. The molecule has 2 atom stereocenters. The summed E-state index contributed by atoms with van der Waals surface area (Å²) in [6, 6.07) is 8.57. The average molecular weight is 228 g/mol. The minimum atomic E-state index is 0.312. The van der Waals surface area contributed by atoms with Gasteiger partial charge in [-0.25, -0.2) is 0 Å². The Morgan fingerprint density at radius 2 is 1.87 bits per heavy atom. The van der Waals surface area contributed by atoms with Crippen LogP contribution in [-0.2, 0) is 4.74 Å². The number of rotatable bonds is 5. The van der Waals surface area contributed by atoms with Crippen molar-refractivity contribution in [3.8, 4) is 0 Å². The van der Waals surface area contributed by atoms with Crippen molar-refractivity contribution in [2.45, 2.75) is 25.9 Å². The molecule has 0 saturated carbocycles. The summed E-state index contributed by atoms with van der Waals surface area (Å²) < 4.78 is 5.08. The molecule has 2 nitrogen and oxygen atoms in total. The van der Waals surface area contributed by atoms with E-state index in [4.69, 9.17) is 16.3 Å². The quantitative estimate of drug-likeness (QED) is 0.835. The van der Waals surface area contributed by atoms with Crippen molar-refractivity contribution in [3.05, 3.63) is 34.9 Å². The fourth-order valence-corrected chi connectivity index (χ4v) is 1.70. The van der Waals surface area contributed by atoms with Gasteiger partial charge in [0.25, 0.3) is 0 Å². The summed E-state index contributed by atoms with van der Waals surface area (Å²) in [5.41, 5.74) is 1.24. The van der Waals surface area contributed by atoms with Crippen molar-refractivity contribution in [2.24, 2.45) is 0 Å². The molecule has 0 saturated heterocycles. The molecule has 0 fully saturated rings. The minimum Gasteiger partial charge on any atom is -0.383 e. The zero-order valence-corrected chi connectivity index (χ0v) is 10.2. The van der Waals surface area contributed by atoms with Crippen LogP contribution in [0.25, 0.3) is 0 Å². The van der Waals surface area contributed by atoms with Crippen LogP contribution in [0, 0.1) is 0 Å². The Kier molecular flexibility index (Phi) is 5.09. The number of halogens is 1. The molecule has 0 aliphatic heterocycles. The molecule has 84 valence electrons. The fraction of sp³-hybridized carbons (Fsp3) is 0.500. The Labute approximate surface area is 96.6 Å². The van der Waals surface area contributed by atoms with Crippen molar-refractivity contribution in [3.63, 3.8) is 0 Å². The van der Waals surface area contributed by atoms with Crippen LogP contribution in [0.4, 0.5) is 0 Å². The topological polar surface area (TPSA) is 21.3 Å².